The molecule has 1 N–H and O–H groups in total. The fraction of sp³-hybridized carbons (Fsp3) is 0.480. The molecule has 1 aliphatic rings. The number of carbonyl (C=O) groups excluding carboxylic acids is 1. The van der Waals surface area contributed by atoms with Crippen LogP contribution >= 0.6 is 0 Å². The lowest BCUT2D eigenvalue weighted by atomic mass is 10.1. The number of anilines is 1. The van der Waals surface area contributed by atoms with E-state index in [1.165, 1.54) is 5.56 Å². The van der Waals surface area contributed by atoms with Gasteiger partial charge in [-0.25, -0.2) is 13.1 Å². The summed E-state index contributed by atoms with van der Waals surface area (Å²) in [6.07, 6.45) is 0.594. The van der Waals surface area contributed by atoms with Crippen LogP contribution in [0.15, 0.2) is 24.3 Å². The van der Waals surface area contributed by atoms with Crippen molar-refractivity contribution < 1.29 is 13.2 Å². The highest BCUT2D eigenvalue weighted by Gasteiger charge is 2.31. The topological polar surface area (TPSA) is 102 Å². The summed E-state index contributed by atoms with van der Waals surface area (Å²) in [5, 5.41) is 12.3. The number of amides is 1. The molecule has 0 aliphatic carbocycles. The van der Waals surface area contributed by atoms with E-state index in [0.29, 0.717) is 13.0 Å². The Balaban J connectivity index is 1.42. The molecule has 1 atom stereocenters. The largest absolute Gasteiger partial charge is 0.322 e. The Morgan fingerprint density at radius 2 is 1.74 bits per heavy atom. The molecule has 1 unspecified atom stereocenters. The third-order valence-corrected chi connectivity index (χ3v) is 8.46. The monoisotopic (exact) mass is 498 g/mol. The molecular weight excluding hydrogens is 464 g/mol. The molecule has 1 aromatic carbocycles. The van der Waals surface area contributed by atoms with Crippen molar-refractivity contribution in [3.63, 3.8) is 0 Å². The van der Waals surface area contributed by atoms with Gasteiger partial charge in [-0.1, -0.05) is 17.7 Å². The molecule has 0 saturated carbocycles. The highest BCUT2D eigenvalue weighted by atomic mass is 32.2. The lowest BCUT2D eigenvalue weighted by Crippen LogP contribution is -2.30. The summed E-state index contributed by atoms with van der Waals surface area (Å²) in [7, 11) is -1.09. The average Bonchev–Trinajstić information content (AvgIpc) is 3.38. The Morgan fingerprint density at radius 3 is 2.37 bits per heavy atom. The Hall–Kier alpha value is -2.98. The normalized spacial score (nSPS) is 17.3. The highest BCUT2D eigenvalue weighted by Crippen LogP contribution is 2.27. The molecule has 9 nitrogen and oxygen atoms in total. The first kappa shape index (κ1) is 25.1. The zero-order valence-electron chi connectivity index (χ0n) is 21.3. The fourth-order valence-corrected chi connectivity index (χ4v) is 6.45. The van der Waals surface area contributed by atoms with Crippen LogP contribution in [-0.4, -0.2) is 63.9 Å². The van der Waals surface area contributed by atoms with Crippen molar-refractivity contribution >= 4 is 21.4 Å². The predicted molar refractivity (Wildman–Crippen MR) is 137 cm³/mol. The predicted octanol–water partition coefficient (Wildman–Crippen LogP) is 3.04. The summed E-state index contributed by atoms with van der Waals surface area (Å²) in [4.78, 5) is 14.8. The quantitative estimate of drug-likeness (QED) is 0.537. The molecule has 3 aromatic rings. The number of rotatable bonds is 7. The fourth-order valence-electron chi connectivity index (χ4n) is 4.76. The van der Waals surface area contributed by atoms with Crippen LogP contribution in [0.2, 0.25) is 0 Å². The summed E-state index contributed by atoms with van der Waals surface area (Å²) < 4.78 is 27.5. The summed E-state index contributed by atoms with van der Waals surface area (Å²) in [5.41, 5.74) is 7.35. The number of hydrogen-bond donors (Lipinski definition) is 1. The van der Waals surface area contributed by atoms with E-state index in [1.807, 2.05) is 80.2 Å². The van der Waals surface area contributed by atoms with Gasteiger partial charge in [-0.2, -0.15) is 10.2 Å². The molecule has 10 heteroatoms. The van der Waals surface area contributed by atoms with Crippen molar-refractivity contribution in [2.24, 2.45) is 0 Å². The van der Waals surface area contributed by atoms with Crippen LogP contribution in [-0.2, 0) is 21.2 Å². The van der Waals surface area contributed by atoms with Crippen molar-refractivity contribution in [3.8, 4) is 5.69 Å². The minimum Gasteiger partial charge on any atom is -0.322 e. The van der Waals surface area contributed by atoms with E-state index < -0.39 is 9.84 Å². The molecule has 0 spiro atoms. The molecule has 2 aromatic heterocycles. The molecule has 0 radical (unpaired) electrons. The number of likely N-dealkylation sites (N-methyl/N-ethyl adjacent to an activating group) is 1. The maximum absolute atomic E-state index is 12.9. The van der Waals surface area contributed by atoms with Gasteiger partial charge in [0.15, 0.2) is 9.84 Å². The van der Waals surface area contributed by atoms with Gasteiger partial charge in [0.05, 0.1) is 52.5 Å². The first-order valence-corrected chi connectivity index (χ1v) is 13.6. The number of sulfone groups is 1. The van der Waals surface area contributed by atoms with Gasteiger partial charge >= 0.3 is 0 Å². The van der Waals surface area contributed by atoms with E-state index in [4.69, 9.17) is 0 Å². The van der Waals surface area contributed by atoms with Crippen LogP contribution in [0.1, 0.15) is 46.4 Å². The van der Waals surface area contributed by atoms with Gasteiger partial charge in [0.2, 0.25) is 5.91 Å². The summed E-state index contributed by atoms with van der Waals surface area (Å²) >= 11 is 0. The summed E-state index contributed by atoms with van der Waals surface area (Å²) in [6, 6.07) is 7.99. The zero-order valence-corrected chi connectivity index (χ0v) is 22.1. The van der Waals surface area contributed by atoms with Crippen molar-refractivity contribution in [3.05, 3.63) is 58.2 Å². The molecule has 1 amide bonds. The molecule has 3 heterocycles. The van der Waals surface area contributed by atoms with Crippen LogP contribution in [0.5, 0.6) is 0 Å². The van der Waals surface area contributed by atoms with E-state index in [-0.39, 0.29) is 30.0 Å². The maximum Gasteiger partial charge on any atom is 0.238 e. The van der Waals surface area contributed by atoms with Crippen molar-refractivity contribution in [1.82, 2.24) is 24.5 Å². The highest BCUT2D eigenvalue weighted by molar-refractivity contribution is 7.91. The minimum atomic E-state index is -2.99. The van der Waals surface area contributed by atoms with Crippen LogP contribution in [0, 0.1) is 34.6 Å². The molecule has 1 saturated heterocycles. The number of nitrogens with zero attached hydrogens (tertiary/aromatic N) is 5. The van der Waals surface area contributed by atoms with E-state index in [0.717, 1.165) is 39.7 Å². The third-order valence-electron chi connectivity index (χ3n) is 6.70. The van der Waals surface area contributed by atoms with Gasteiger partial charge in [-0.3, -0.25) is 14.4 Å². The number of benzene rings is 1. The van der Waals surface area contributed by atoms with E-state index in [1.54, 1.807) is 0 Å². The van der Waals surface area contributed by atoms with Gasteiger partial charge in [0.1, 0.15) is 0 Å². The van der Waals surface area contributed by atoms with Crippen LogP contribution in [0.4, 0.5) is 5.69 Å². The Bertz CT molecular complexity index is 1350. The zero-order chi connectivity index (χ0) is 25.5. The van der Waals surface area contributed by atoms with Crippen molar-refractivity contribution in [2.45, 2.75) is 53.6 Å². The van der Waals surface area contributed by atoms with E-state index in [9.17, 15) is 13.2 Å². The molecule has 1 fully saturated rings. The van der Waals surface area contributed by atoms with Crippen molar-refractivity contribution in [1.29, 1.82) is 0 Å². The maximum atomic E-state index is 12.9. The summed E-state index contributed by atoms with van der Waals surface area (Å²) in [6.45, 7) is 10.5. The molecule has 188 valence electrons. The van der Waals surface area contributed by atoms with Crippen molar-refractivity contribution in [2.75, 3.05) is 30.4 Å². The minimum absolute atomic E-state index is 0.114. The van der Waals surface area contributed by atoms with Gasteiger partial charge in [0, 0.05) is 17.8 Å². The Kier molecular flexibility index (Phi) is 6.88. The van der Waals surface area contributed by atoms with E-state index in [2.05, 4.69) is 15.5 Å². The average molecular weight is 499 g/mol. The van der Waals surface area contributed by atoms with Crippen LogP contribution in [0.25, 0.3) is 5.69 Å². The molecular formula is C25H34N6O3S. The van der Waals surface area contributed by atoms with Gasteiger partial charge < -0.3 is 5.32 Å². The first-order chi connectivity index (χ1) is 16.4. The Morgan fingerprint density at radius 1 is 1.06 bits per heavy atom. The van der Waals surface area contributed by atoms with Crippen LogP contribution in [0.3, 0.4) is 0 Å². The van der Waals surface area contributed by atoms with Crippen LogP contribution < -0.4 is 5.32 Å². The SMILES string of the molecule is Cc1ccc(-n2nc(C)c(NC(=O)CN(C)Cc3c(C)nn(C4CCS(=O)(=O)C4)c3C)c2C)cc1. The van der Waals surface area contributed by atoms with Gasteiger partial charge in [0.25, 0.3) is 0 Å². The standard InChI is InChI=1S/C25H34N6O3S/c1-16-7-9-21(10-8-16)31-20(5)25(18(3)28-31)26-24(32)14-29(6)13-23-17(2)27-30(19(23)4)22-11-12-35(33,34)15-22/h7-10,22H,11-15H2,1-6H3,(H,26,32). The first-order valence-electron chi connectivity index (χ1n) is 11.8. The molecule has 0 bridgehead atoms. The lowest BCUT2D eigenvalue weighted by Gasteiger charge is -2.17. The van der Waals surface area contributed by atoms with Gasteiger partial charge in [-0.05, 0) is 60.2 Å². The molecule has 4 rings (SSSR count). The number of carbonyl (C=O) groups is 1. The lowest BCUT2D eigenvalue weighted by molar-refractivity contribution is -0.117. The number of aryl methyl sites for hydroxylation is 3. The second-order valence-electron chi connectivity index (χ2n) is 9.66. The number of aromatic nitrogens is 4. The summed E-state index contributed by atoms with van der Waals surface area (Å²) in [5.74, 6) is 0.235. The number of nitrogens with one attached hydrogen (secondary N) is 1. The second kappa shape index (κ2) is 9.58. The molecule has 1 aliphatic heterocycles. The second-order valence-corrected chi connectivity index (χ2v) is 11.9. The Labute approximate surface area is 207 Å². The van der Waals surface area contributed by atoms with E-state index >= 15 is 0 Å². The van der Waals surface area contributed by atoms with Gasteiger partial charge in [-0.15, -0.1) is 0 Å². The third kappa shape index (κ3) is 5.33. The molecule has 35 heavy (non-hydrogen) atoms. The number of hydrogen-bond acceptors (Lipinski definition) is 6. The smallest absolute Gasteiger partial charge is 0.238 e.